The van der Waals surface area contributed by atoms with E-state index in [4.69, 9.17) is 9.15 Å². The van der Waals surface area contributed by atoms with Crippen LogP contribution in [0.5, 0.6) is 5.95 Å². The number of hydrogen-bond donors (Lipinski definition) is 0. The second kappa shape index (κ2) is 3.09. The molecule has 0 aromatic carbocycles. The first-order valence-corrected chi connectivity index (χ1v) is 4.90. The summed E-state index contributed by atoms with van der Waals surface area (Å²) in [6.45, 7) is 5.99. The van der Waals surface area contributed by atoms with Crippen molar-refractivity contribution in [1.82, 2.24) is 0 Å². The van der Waals surface area contributed by atoms with Gasteiger partial charge in [0.1, 0.15) is 0 Å². The van der Waals surface area contributed by atoms with Crippen molar-refractivity contribution in [1.29, 1.82) is 0 Å². The van der Waals surface area contributed by atoms with E-state index in [-0.39, 0.29) is 5.60 Å². The fraction of sp³-hybridized carbons (Fsp3) is 0.500. The third kappa shape index (κ3) is 3.18. The summed E-state index contributed by atoms with van der Waals surface area (Å²) in [6.07, 6.45) is 0. The van der Waals surface area contributed by atoms with Crippen LogP contribution < -0.4 is 8.51 Å². The van der Waals surface area contributed by atoms with Crippen LogP contribution in [0.4, 0.5) is 0 Å². The molecule has 1 aromatic heterocycles. The summed E-state index contributed by atoms with van der Waals surface area (Å²) in [6, 6.07) is 3.79. The molecule has 0 bridgehead atoms. The van der Waals surface area contributed by atoms with Gasteiger partial charge in [0.05, 0.1) is 0 Å². The minimum absolute atomic E-state index is 0.166. The summed E-state index contributed by atoms with van der Waals surface area (Å²) in [7, 11) is 0. The fourth-order valence-electron chi connectivity index (χ4n) is 0.677. The van der Waals surface area contributed by atoms with Gasteiger partial charge >= 0.3 is 79.9 Å². The topological polar surface area (TPSA) is 22.4 Å². The first-order valence-electron chi connectivity index (χ1n) is 3.48. The van der Waals surface area contributed by atoms with Gasteiger partial charge in [-0.1, -0.05) is 0 Å². The molecule has 1 heterocycles. The molecule has 0 unspecified atom stereocenters. The van der Waals surface area contributed by atoms with E-state index in [2.05, 4.69) is 0 Å². The number of furan rings is 1. The zero-order chi connectivity index (χ0) is 8.48. The molecule has 2 radical (unpaired) electrons. The Morgan fingerprint density at radius 3 is 2.36 bits per heavy atom. The maximum atomic E-state index is 5.47. The molecule has 1 rings (SSSR count). The van der Waals surface area contributed by atoms with Crippen LogP contribution in [0.15, 0.2) is 16.5 Å². The van der Waals surface area contributed by atoms with Crippen molar-refractivity contribution in [2.24, 2.45) is 0 Å². The Morgan fingerprint density at radius 1 is 1.36 bits per heavy atom. The monoisotopic (exact) mass is 259 g/mol. The zero-order valence-electron chi connectivity index (χ0n) is 6.97. The maximum absolute atomic E-state index is 5.47. The van der Waals surface area contributed by atoms with Gasteiger partial charge in [-0.15, -0.1) is 0 Å². The predicted octanol–water partition coefficient (Wildman–Crippen LogP) is 1.25. The second-order valence-electron chi connectivity index (χ2n) is 3.33. The average molecular weight is 258 g/mol. The fourth-order valence-corrected chi connectivity index (χ4v) is 1.20. The quantitative estimate of drug-likeness (QED) is 0.707. The number of rotatable bonds is 1. The molecule has 0 fully saturated rings. The normalized spacial score (nSPS) is 11.5. The molecule has 0 saturated heterocycles. The van der Waals surface area contributed by atoms with Gasteiger partial charge in [-0.05, 0) is 0 Å². The SMILES string of the molecule is CC(C)(C)Oc1cc[c]([Sn+])o1. The van der Waals surface area contributed by atoms with Crippen LogP contribution in [0.1, 0.15) is 20.8 Å². The summed E-state index contributed by atoms with van der Waals surface area (Å²) < 4.78 is 11.7. The molecule has 2 nitrogen and oxygen atoms in total. The van der Waals surface area contributed by atoms with E-state index >= 15 is 0 Å². The van der Waals surface area contributed by atoms with Crippen molar-refractivity contribution in [2.45, 2.75) is 26.4 Å². The molecule has 0 amide bonds. The van der Waals surface area contributed by atoms with E-state index in [1.165, 1.54) is 22.5 Å². The first-order chi connectivity index (χ1) is 4.97. The van der Waals surface area contributed by atoms with Crippen LogP contribution in [0, 0.1) is 0 Å². The van der Waals surface area contributed by atoms with Gasteiger partial charge in [0.25, 0.3) is 0 Å². The molecule has 0 N–H and O–H groups in total. The van der Waals surface area contributed by atoms with E-state index in [1.54, 1.807) is 0 Å². The summed E-state index contributed by atoms with van der Waals surface area (Å²) in [5.41, 5.74) is -0.166. The average Bonchev–Trinajstić information content (AvgIpc) is 2.10. The number of ether oxygens (including phenoxy) is 1. The Labute approximate surface area is 80.0 Å². The Balaban J connectivity index is 2.65. The van der Waals surface area contributed by atoms with Gasteiger partial charge in [-0.2, -0.15) is 0 Å². The van der Waals surface area contributed by atoms with E-state index in [0.717, 1.165) is 3.78 Å². The summed E-state index contributed by atoms with van der Waals surface area (Å²) >= 11 is 1.28. The molecule has 0 aliphatic rings. The Hall–Kier alpha value is -0.121. The molecular weight excluding hydrogens is 247 g/mol. The van der Waals surface area contributed by atoms with E-state index in [0.29, 0.717) is 5.95 Å². The van der Waals surface area contributed by atoms with Crippen LogP contribution in [-0.2, 0) is 0 Å². The second-order valence-corrected chi connectivity index (χ2v) is 4.74. The Bertz CT molecular complexity index is 234. The predicted molar refractivity (Wildman–Crippen MR) is 44.5 cm³/mol. The first kappa shape index (κ1) is 8.97. The summed E-state index contributed by atoms with van der Waals surface area (Å²) in [5, 5.41) is 0. The molecule has 0 aliphatic carbocycles. The Kier molecular flexibility index (Phi) is 2.52. The summed E-state index contributed by atoms with van der Waals surface area (Å²) in [5.74, 6) is 0.615. The van der Waals surface area contributed by atoms with Gasteiger partial charge in [0.2, 0.25) is 0 Å². The Morgan fingerprint density at radius 2 is 2.00 bits per heavy atom. The van der Waals surface area contributed by atoms with Crippen LogP contribution in [0.2, 0.25) is 0 Å². The van der Waals surface area contributed by atoms with Crippen molar-refractivity contribution in [3.8, 4) is 5.95 Å². The van der Waals surface area contributed by atoms with Crippen LogP contribution in [-0.4, -0.2) is 28.1 Å². The molecular formula is C8H11O2Sn+. The van der Waals surface area contributed by atoms with Gasteiger partial charge in [-0.3, -0.25) is 0 Å². The van der Waals surface area contributed by atoms with Crippen molar-refractivity contribution in [2.75, 3.05) is 0 Å². The molecule has 0 spiro atoms. The number of hydrogen-bond acceptors (Lipinski definition) is 2. The van der Waals surface area contributed by atoms with Gasteiger partial charge < -0.3 is 0 Å². The van der Waals surface area contributed by atoms with Gasteiger partial charge in [0.15, 0.2) is 0 Å². The van der Waals surface area contributed by atoms with Gasteiger partial charge in [-0.25, -0.2) is 0 Å². The third-order valence-corrected chi connectivity index (χ3v) is 1.76. The van der Waals surface area contributed by atoms with Crippen molar-refractivity contribution < 1.29 is 9.15 Å². The molecule has 0 atom stereocenters. The summed E-state index contributed by atoms with van der Waals surface area (Å²) in [4.78, 5) is 0. The van der Waals surface area contributed by atoms with Crippen LogP contribution in [0.25, 0.3) is 0 Å². The zero-order valence-corrected chi connectivity index (χ0v) is 9.83. The van der Waals surface area contributed by atoms with Gasteiger partial charge in [0, 0.05) is 0 Å². The molecule has 3 heteroatoms. The van der Waals surface area contributed by atoms with Crippen LogP contribution >= 0.6 is 0 Å². The van der Waals surface area contributed by atoms with Crippen LogP contribution in [0.3, 0.4) is 0 Å². The van der Waals surface area contributed by atoms with E-state index < -0.39 is 0 Å². The molecule has 1 aromatic rings. The van der Waals surface area contributed by atoms with Crippen molar-refractivity contribution in [3.63, 3.8) is 0 Å². The van der Waals surface area contributed by atoms with Crippen molar-refractivity contribution >= 4 is 26.3 Å². The molecule has 0 aliphatic heterocycles. The minimum atomic E-state index is -0.166. The van der Waals surface area contributed by atoms with Crippen molar-refractivity contribution in [3.05, 3.63) is 12.1 Å². The molecule has 11 heavy (non-hydrogen) atoms. The molecule has 58 valence electrons. The molecule has 0 saturated carbocycles. The third-order valence-electron chi connectivity index (χ3n) is 0.988. The van der Waals surface area contributed by atoms with E-state index in [9.17, 15) is 0 Å². The standard InChI is InChI=1S/C8H11O2.Sn/c1-8(2,3)10-7-5-4-6-9-7;/h4-5H,1-3H3;/q;+1. The van der Waals surface area contributed by atoms with E-state index in [1.807, 2.05) is 32.9 Å².